The van der Waals surface area contributed by atoms with Gasteiger partial charge >= 0.3 is 6.18 Å². The zero-order chi connectivity index (χ0) is 29.0. The average Bonchev–Trinajstić information content (AvgIpc) is 2.86. The van der Waals surface area contributed by atoms with Gasteiger partial charge in [-0.3, -0.25) is 13.9 Å². The fourth-order valence-corrected chi connectivity index (χ4v) is 5.61. The van der Waals surface area contributed by atoms with Crippen LogP contribution in [0.15, 0.2) is 42.5 Å². The zero-order valence-corrected chi connectivity index (χ0v) is 23.7. The molecule has 1 aliphatic carbocycles. The van der Waals surface area contributed by atoms with Crippen LogP contribution in [0.25, 0.3) is 0 Å². The smallest absolute Gasteiger partial charge is 0.352 e. The molecule has 3 rings (SSSR count). The molecule has 2 aromatic carbocycles. The SMILES string of the molecule is Cc1ccc(CN(C(=O)CN(c2ccc(Cl)c(C(F)(F)F)c2)S(C)(=O)=O)[C@@H](C)C(=O)NC2CCCCC2)cc1. The van der Waals surface area contributed by atoms with Gasteiger partial charge in [-0.25, -0.2) is 8.42 Å². The summed E-state index contributed by atoms with van der Waals surface area (Å²) in [6.45, 7) is 2.66. The molecule has 0 aliphatic heterocycles. The maximum absolute atomic E-state index is 13.6. The van der Waals surface area contributed by atoms with E-state index in [9.17, 15) is 31.2 Å². The van der Waals surface area contributed by atoms with E-state index in [1.807, 2.05) is 19.1 Å². The van der Waals surface area contributed by atoms with Crippen molar-refractivity contribution in [3.63, 3.8) is 0 Å². The second kappa shape index (κ2) is 12.6. The van der Waals surface area contributed by atoms with Crippen LogP contribution in [0.3, 0.4) is 0 Å². The molecule has 1 aliphatic rings. The molecule has 1 saturated carbocycles. The van der Waals surface area contributed by atoms with Crippen molar-refractivity contribution in [1.82, 2.24) is 10.2 Å². The predicted molar refractivity (Wildman–Crippen MR) is 145 cm³/mol. The normalized spacial score (nSPS) is 15.5. The van der Waals surface area contributed by atoms with Crippen LogP contribution in [0, 0.1) is 6.92 Å². The Labute approximate surface area is 232 Å². The van der Waals surface area contributed by atoms with Crippen LogP contribution in [0.4, 0.5) is 18.9 Å². The maximum atomic E-state index is 13.6. The van der Waals surface area contributed by atoms with Crippen molar-refractivity contribution in [2.45, 2.75) is 70.8 Å². The van der Waals surface area contributed by atoms with Gasteiger partial charge in [0.2, 0.25) is 21.8 Å². The highest BCUT2D eigenvalue weighted by Crippen LogP contribution is 2.37. The Bertz CT molecular complexity index is 1280. The fourth-order valence-electron chi connectivity index (χ4n) is 4.54. The molecule has 0 bridgehead atoms. The summed E-state index contributed by atoms with van der Waals surface area (Å²) >= 11 is 5.71. The first-order valence-electron chi connectivity index (χ1n) is 12.7. The Balaban J connectivity index is 1.92. The van der Waals surface area contributed by atoms with Gasteiger partial charge in [0.05, 0.1) is 22.5 Å². The van der Waals surface area contributed by atoms with Crippen LogP contribution >= 0.6 is 11.6 Å². The summed E-state index contributed by atoms with van der Waals surface area (Å²) in [5.41, 5.74) is 0.117. The van der Waals surface area contributed by atoms with Crippen LogP contribution in [0.1, 0.15) is 55.7 Å². The first kappa shape index (κ1) is 30.7. The lowest BCUT2D eigenvalue weighted by Crippen LogP contribution is -2.53. The quantitative estimate of drug-likeness (QED) is 0.431. The minimum atomic E-state index is -4.83. The van der Waals surface area contributed by atoms with E-state index in [4.69, 9.17) is 11.6 Å². The van der Waals surface area contributed by atoms with Gasteiger partial charge in [-0.15, -0.1) is 0 Å². The number of sulfonamides is 1. The van der Waals surface area contributed by atoms with E-state index in [1.54, 1.807) is 19.1 Å². The highest BCUT2D eigenvalue weighted by Gasteiger charge is 2.36. The van der Waals surface area contributed by atoms with Gasteiger partial charge in [0.25, 0.3) is 0 Å². The van der Waals surface area contributed by atoms with E-state index in [2.05, 4.69) is 5.32 Å². The molecule has 214 valence electrons. The minimum absolute atomic E-state index is 0.00435. The largest absolute Gasteiger partial charge is 0.417 e. The van der Waals surface area contributed by atoms with Crippen LogP contribution in [0.2, 0.25) is 5.02 Å². The molecular weight excluding hydrogens is 555 g/mol. The molecule has 7 nitrogen and oxygen atoms in total. The molecule has 1 N–H and O–H groups in total. The summed E-state index contributed by atoms with van der Waals surface area (Å²) in [6, 6.07) is 8.96. The number of amides is 2. The van der Waals surface area contributed by atoms with E-state index in [0.717, 1.165) is 56.1 Å². The standard InChI is InChI=1S/C27H33ClF3N3O4S/c1-18-9-11-20(12-10-18)16-33(19(2)26(36)32-21-7-5-4-6-8-21)25(35)17-34(39(3,37)38)22-13-14-24(28)23(15-22)27(29,30)31/h9-15,19,21H,4-8,16-17H2,1-3H3,(H,32,36)/t19-/m0/s1. The van der Waals surface area contributed by atoms with Crippen molar-refractivity contribution in [2.75, 3.05) is 17.1 Å². The van der Waals surface area contributed by atoms with Crippen LogP contribution in [-0.2, 0) is 32.3 Å². The molecule has 0 heterocycles. The summed E-state index contributed by atoms with van der Waals surface area (Å²) in [5.74, 6) is -1.12. The van der Waals surface area contributed by atoms with Gasteiger partial charge in [0.1, 0.15) is 12.6 Å². The summed E-state index contributed by atoms with van der Waals surface area (Å²) in [6.07, 6.45) is 0.733. The van der Waals surface area contributed by atoms with Gasteiger partial charge < -0.3 is 10.2 Å². The van der Waals surface area contributed by atoms with Crippen molar-refractivity contribution >= 4 is 39.1 Å². The van der Waals surface area contributed by atoms with Crippen molar-refractivity contribution in [3.05, 3.63) is 64.2 Å². The number of benzene rings is 2. The van der Waals surface area contributed by atoms with E-state index in [0.29, 0.717) is 15.9 Å². The van der Waals surface area contributed by atoms with Crippen LogP contribution in [0.5, 0.6) is 0 Å². The number of hydrogen-bond donors (Lipinski definition) is 1. The number of carbonyl (C=O) groups is 2. The first-order valence-corrected chi connectivity index (χ1v) is 14.9. The molecule has 0 saturated heterocycles. The van der Waals surface area contributed by atoms with Crippen LogP contribution in [-0.4, -0.2) is 50.0 Å². The molecule has 2 aromatic rings. The van der Waals surface area contributed by atoms with Crippen molar-refractivity contribution in [1.29, 1.82) is 0 Å². The monoisotopic (exact) mass is 587 g/mol. The Morgan fingerprint density at radius 1 is 1.08 bits per heavy atom. The third-order valence-electron chi connectivity index (χ3n) is 6.81. The Morgan fingerprint density at radius 2 is 1.69 bits per heavy atom. The summed E-state index contributed by atoms with van der Waals surface area (Å²) < 4.78 is 66.3. The molecule has 0 radical (unpaired) electrons. The van der Waals surface area contributed by atoms with Gasteiger partial charge in [-0.05, 0) is 50.5 Å². The first-order chi connectivity index (χ1) is 18.2. The van der Waals surface area contributed by atoms with E-state index in [1.165, 1.54) is 4.90 Å². The number of nitrogens with one attached hydrogen (secondary N) is 1. The Hall–Kier alpha value is -2.79. The van der Waals surface area contributed by atoms with E-state index < -0.39 is 45.3 Å². The molecule has 0 spiro atoms. The van der Waals surface area contributed by atoms with Gasteiger partial charge in [0.15, 0.2) is 0 Å². The predicted octanol–water partition coefficient (Wildman–Crippen LogP) is 5.30. The molecule has 12 heteroatoms. The molecule has 0 aromatic heterocycles. The van der Waals surface area contributed by atoms with Crippen molar-refractivity contribution in [3.8, 4) is 0 Å². The molecular formula is C27H33ClF3N3O4S. The molecule has 1 fully saturated rings. The third kappa shape index (κ3) is 8.35. The van der Waals surface area contributed by atoms with E-state index in [-0.39, 0.29) is 24.2 Å². The Kier molecular flexibility index (Phi) is 9.93. The van der Waals surface area contributed by atoms with Gasteiger partial charge in [-0.1, -0.05) is 60.7 Å². The van der Waals surface area contributed by atoms with Gasteiger partial charge in [0, 0.05) is 12.6 Å². The summed E-state index contributed by atoms with van der Waals surface area (Å²) in [5, 5.41) is 2.39. The number of anilines is 1. The number of aryl methyl sites for hydroxylation is 1. The second-order valence-corrected chi connectivity index (χ2v) is 12.3. The van der Waals surface area contributed by atoms with Crippen molar-refractivity contribution in [2.24, 2.45) is 0 Å². The molecule has 1 atom stereocenters. The lowest BCUT2D eigenvalue weighted by Gasteiger charge is -2.33. The highest BCUT2D eigenvalue weighted by atomic mass is 35.5. The molecule has 2 amide bonds. The van der Waals surface area contributed by atoms with Crippen molar-refractivity contribution < 1.29 is 31.2 Å². The number of nitrogens with zero attached hydrogens (tertiary/aromatic N) is 2. The number of hydrogen-bond acceptors (Lipinski definition) is 4. The minimum Gasteiger partial charge on any atom is -0.352 e. The maximum Gasteiger partial charge on any atom is 0.417 e. The lowest BCUT2D eigenvalue weighted by atomic mass is 9.95. The summed E-state index contributed by atoms with van der Waals surface area (Å²) in [4.78, 5) is 28.0. The molecule has 0 unspecified atom stereocenters. The highest BCUT2D eigenvalue weighted by molar-refractivity contribution is 7.92. The third-order valence-corrected chi connectivity index (χ3v) is 8.29. The number of alkyl halides is 3. The zero-order valence-electron chi connectivity index (χ0n) is 22.1. The average molecular weight is 588 g/mol. The summed E-state index contributed by atoms with van der Waals surface area (Å²) in [7, 11) is -4.19. The lowest BCUT2D eigenvalue weighted by molar-refractivity contribution is -0.139. The molecule has 39 heavy (non-hydrogen) atoms. The Morgan fingerprint density at radius 3 is 2.26 bits per heavy atom. The second-order valence-electron chi connectivity index (χ2n) is 9.96. The number of halogens is 4. The topological polar surface area (TPSA) is 86.8 Å². The number of carbonyl (C=O) groups excluding carboxylic acids is 2. The van der Waals surface area contributed by atoms with Gasteiger partial charge in [-0.2, -0.15) is 13.2 Å². The van der Waals surface area contributed by atoms with Crippen LogP contribution < -0.4 is 9.62 Å². The fraction of sp³-hybridized carbons (Fsp3) is 0.481. The number of rotatable bonds is 9. The van der Waals surface area contributed by atoms with E-state index >= 15 is 0 Å².